The Balaban J connectivity index is 1.84. The smallest absolute Gasteiger partial charge is 0.335 e. The third-order valence-corrected chi connectivity index (χ3v) is 3.21. The first-order valence-corrected chi connectivity index (χ1v) is 6.21. The SMILES string of the molecule is CC(CC1CC1)NCc1cccc(C(=O)O)c1. The fraction of sp³-hybridized carbons (Fsp3) is 0.500. The Morgan fingerprint density at radius 3 is 2.94 bits per heavy atom. The van der Waals surface area contributed by atoms with Gasteiger partial charge in [0.25, 0.3) is 0 Å². The van der Waals surface area contributed by atoms with E-state index in [4.69, 9.17) is 5.11 Å². The van der Waals surface area contributed by atoms with Crippen molar-refractivity contribution in [1.82, 2.24) is 5.32 Å². The summed E-state index contributed by atoms with van der Waals surface area (Å²) in [4.78, 5) is 10.8. The topological polar surface area (TPSA) is 49.3 Å². The third-order valence-electron chi connectivity index (χ3n) is 3.21. The number of carbonyl (C=O) groups is 1. The Hall–Kier alpha value is -1.35. The molecule has 0 spiro atoms. The second-order valence-corrected chi connectivity index (χ2v) is 4.97. The van der Waals surface area contributed by atoms with E-state index in [0.717, 1.165) is 18.0 Å². The monoisotopic (exact) mass is 233 g/mol. The maximum absolute atomic E-state index is 10.8. The van der Waals surface area contributed by atoms with Crippen molar-refractivity contribution < 1.29 is 9.90 Å². The Bertz CT molecular complexity index is 399. The summed E-state index contributed by atoms with van der Waals surface area (Å²) in [6.07, 6.45) is 3.99. The van der Waals surface area contributed by atoms with Crippen LogP contribution in [0.15, 0.2) is 24.3 Å². The van der Waals surface area contributed by atoms with Crippen LogP contribution in [0.3, 0.4) is 0 Å². The number of nitrogens with one attached hydrogen (secondary N) is 1. The van der Waals surface area contributed by atoms with Gasteiger partial charge in [-0.25, -0.2) is 4.79 Å². The van der Waals surface area contributed by atoms with Crippen molar-refractivity contribution in [3.63, 3.8) is 0 Å². The number of aromatic carboxylic acids is 1. The van der Waals surface area contributed by atoms with Crippen molar-refractivity contribution in [3.05, 3.63) is 35.4 Å². The van der Waals surface area contributed by atoms with E-state index in [1.807, 2.05) is 6.07 Å². The maximum Gasteiger partial charge on any atom is 0.335 e. The average Bonchev–Trinajstić information content (AvgIpc) is 3.11. The van der Waals surface area contributed by atoms with Gasteiger partial charge in [0.2, 0.25) is 0 Å². The van der Waals surface area contributed by atoms with Crippen molar-refractivity contribution in [2.75, 3.05) is 0 Å². The minimum Gasteiger partial charge on any atom is -0.478 e. The van der Waals surface area contributed by atoms with E-state index in [0.29, 0.717) is 11.6 Å². The molecule has 2 N–H and O–H groups in total. The lowest BCUT2D eigenvalue weighted by atomic mass is 10.1. The normalized spacial score (nSPS) is 16.8. The molecule has 1 aliphatic rings. The van der Waals surface area contributed by atoms with Crippen LogP contribution in [0.2, 0.25) is 0 Å². The summed E-state index contributed by atoms with van der Waals surface area (Å²) in [7, 11) is 0. The van der Waals surface area contributed by atoms with Crippen molar-refractivity contribution >= 4 is 5.97 Å². The number of carboxylic acid groups (broad SMARTS) is 1. The van der Waals surface area contributed by atoms with Gasteiger partial charge < -0.3 is 10.4 Å². The van der Waals surface area contributed by atoms with Gasteiger partial charge in [-0.05, 0) is 37.0 Å². The molecule has 0 saturated heterocycles. The van der Waals surface area contributed by atoms with Crippen LogP contribution in [0, 0.1) is 5.92 Å². The van der Waals surface area contributed by atoms with E-state index >= 15 is 0 Å². The van der Waals surface area contributed by atoms with E-state index < -0.39 is 5.97 Å². The highest BCUT2D eigenvalue weighted by Crippen LogP contribution is 2.33. The Morgan fingerprint density at radius 2 is 2.29 bits per heavy atom. The minimum atomic E-state index is -0.863. The van der Waals surface area contributed by atoms with E-state index in [9.17, 15) is 4.79 Å². The second kappa shape index (κ2) is 5.32. The Kier molecular flexibility index (Phi) is 3.79. The van der Waals surface area contributed by atoms with Gasteiger partial charge in [0.1, 0.15) is 0 Å². The van der Waals surface area contributed by atoms with Crippen LogP contribution in [-0.2, 0) is 6.54 Å². The fourth-order valence-corrected chi connectivity index (χ4v) is 2.04. The zero-order valence-electron chi connectivity index (χ0n) is 10.1. The van der Waals surface area contributed by atoms with Crippen LogP contribution < -0.4 is 5.32 Å². The van der Waals surface area contributed by atoms with E-state index in [2.05, 4.69) is 12.2 Å². The molecule has 0 bridgehead atoms. The molecule has 1 atom stereocenters. The van der Waals surface area contributed by atoms with Gasteiger partial charge in [-0.1, -0.05) is 25.0 Å². The van der Waals surface area contributed by atoms with Crippen LogP contribution in [0.5, 0.6) is 0 Å². The molecular weight excluding hydrogens is 214 g/mol. The van der Waals surface area contributed by atoms with Crippen LogP contribution in [-0.4, -0.2) is 17.1 Å². The molecule has 0 aromatic heterocycles. The summed E-state index contributed by atoms with van der Waals surface area (Å²) < 4.78 is 0. The highest BCUT2D eigenvalue weighted by Gasteiger charge is 2.23. The number of hydrogen-bond donors (Lipinski definition) is 2. The molecule has 1 unspecified atom stereocenters. The number of rotatable bonds is 6. The van der Waals surface area contributed by atoms with Crippen molar-refractivity contribution in [2.24, 2.45) is 5.92 Å². The first-order chi connectivity index (χ1) is 8.15. The number of hydrogen-bond acceptors (Lipinski definition) is 2. The lowest BCUT2D eigenvalue weighted by Crippen LogP contribution is -2.25. The highest BCUT2D eigenvalue weighted by molar-refractivity contribution is 5.87. The summed E-state index contributed by atoms with van der Waals surface area (Å²) in [5, 5.41) is 12.3. The summed E-state index contributed by atoms with van der Waals surface area (Å²) in [6, 6.07) is 7.63. The molecule has 1 aromatic rings. The number of carboxylic acids is 1. The van der Waals surface area contributed by atoms with Gasteiger partial charge in [-0.2, -0.15) is 0 Å². The summed E-state index contributed by atoms with van der Waals surface area (Å²) in [5.74, 6) is 0.0562. The lowest BCUT2D eigenvalue weighted by Gasteiger charge is -2.13. The molecule has 1 aliphatic carbocycles. The van der Waals surface area contributed by atoms with Crippen LogP contribution in [0.25, 0.3) is 0 Å². The van der Waals surface area contributed by atoms with Gasteiger partial charge in [0.05, 0.1) is 5.56 Å². The molecule has 2 rings (SSSR count). The predicted molar refractivity (Wildman–Crippen MR) is 67.0 cm³/mol. The Labute approximate surface area is 102 Å². The van der Waals surface area contributed by atoms with Crippen molar-refractivity contribution in [3.8, 4) is 0 Å². The average molecular weight is 233 g/mol. The van der Waals surface area contributed by atoms with Crippen molar-refractivity contribution in [2.45, 2.75) is 38.8 Å². The summed E-state index contributed by atoms with van der Waals surface area (Å²) >= 11 is 0. The standard InChI is InChI=1S/C14H19NO2/c1-10(7-11-5-6-11)15-9-12-3-2-4-13(8-12)14(16)17/h2-4,8,10-11,15H,5-7,9H2,1H3,(H,16,17). The predicted octanol–water partition coefficient (Wildman–Crippen LogP) is 2.66. The molecule has 1 saturated carbocycles. The van der Waals surface area contributed by atoms with Gasteiger partial charge in [-0.3, -0.25) is 0 Å². The van der Waals surface area contributed by atoms with Crippen LogP contribution in [0.4, 0.5) is 0 Å². The molecule has 3 heteroatoms. The summed E-state index contributed by atoms with van der Waals surface area (Å²) in [6.45, 7) is 2.94. The quantitative estimate of drug-likeness (QED) is 0.794. The molecule has 0 aliphatic heterocycles. The molecule has 17 heavy (non-hydrogen) atoms. The molecular formula is C14H19NO2. The van der Waals surface area contributed by atoms with Crippen LogP contribution in [0.1, 0.15) is 42.1 Å². The van der Waals surface area contributed by atoms with E-state index in [1.54, 1.807) is 18.2 Å². The molecule has 0 heterocycles. The minimum absolute atomic E-state index is 0.360. The van der Waals surface area contributed by atoms with Crippen molar-refractivity contribution in [1.29, 1.82) is 0 Å². The third kappa shape index (κ3) is 3.86. The number of benzene rings is 1. The fourth-order valence-electron chi connectivity index (χ4n) is 2.04. The van der Waals surface area contributed by atoms with Gasteiger partial charge in [0, 0.05) is 12.6 Å². The first kappa shape index (κ1) is 12.1. The van der Waals surface area contributed by atoms with E-state index in [1.165, 1.54) is 19.3 Å². The van der Waals surface area contributed by atoms with Gasteiger partial charge >= 0.3 is 5.97 Å². The first-order valence-electron chi connectivity index (χ1n) is 6.21. The molecule has 1 fully saturated rings. The summed E-state index contributed by atoms with van der Waals surface area (Å²) in [5.41, 5.74) is 1.40. The van der Waals surface area contributed by atoms with Crippen LogP contribution >= 0.6 is 0 Å². The second-order valence-electron chi connectivity index (χ2n) is 4.97. The zero-order chi connectivity index (χ0) is 12.3. The van der Waals surface area contributed by atoms with E-state index in [-0.39, 0.29) is 0 Å². The molecule has 0 radical (unpaired) electrons. The molecule has 1 aromatic carbocycles. The molecule has 3 nitrogen and oxygen atoms in total. The molecule has 0 amide bonds. The lowest BCUT2D eigenvalue weighted by molar-refractivity contribution is 0.0697. The highest BCUT2D eigenvalue weighted by atomic mass is 16.4. The zero-order valence-corrected chi connectivity index (χ0v) is 10.1. The van der Waals surface area contributed by atoms with Gasteiger partial charge in [-0.15, -0.1) is 0 Å². The Morgan fingerprint density at radius 1 is 1.53 bits per heavy atom. The van der Waals surface area contributed by atoms with Gasteiger partial charge in [0.15, 0.2) is 0 Å². The maximum atomic E-state index is 10.8. The molecule has 92 valence electrons. The largest absolute Gasteiger partial charge is 0.478 e.